The summed E-state index contributed by atoms with van der Waals surface area (Å²) in [5.74, 6) is 0.305. The molecular formula is C20H20N4O3. The second kappa shape index (κ2) is 8.27. The second-order valence-corrected chi connectivity index (χ2v) is 5.94. The Labute approximate surface area is 156 Å². The predicted octanol–water partition coefficient (Wildman–Crippen LogP) is 2.49. The van der Waals surface area contributed by atoms with E-state index >= 15 is 0 Å². The zero-order valence-corrected chi connectivity index (χ0v) is 15.2. The van der Waals surface area contributed by atoms with Crippen molar-refractivity contribution in [3.8, 4) is 5.75 Å². The number of aryl methyl sites for hydroxylation is 1. The number of hydrogen-bond donors (Lipinski definition) is 1. The first-order chi connectivity index (χ1) is 13.1. The lowest BCUT2D eigenvalue weighted by Crippen LogP contribution is -2.27. The molecule has 0 atom stereocenters. The number of hydrogen-bond acceptors (Lipinski definition) is 5. The van der Waals surface area contributed by atoms with E-state index < -0.39 is 5.91 Å². The minimum atomic E-state index is -0.485. The molecule has 2 aromatic carbocycles. The molecule has 0 aliphatic rings. The summed E-state index contributed by atoms with van der Waals surface area (Å²) in [6.07, 6.45) is 2.48. The number of nitrogens with zero attached hydrogens (tertiary/aromatic N) is 3. The smallest absolute Gasteiger partial charge is 0.292 e. The number of ether oxygens (including phenoxy) is 1. The first-order valence-corrected chi connectivity index (χ1v) is 8.62. The molecule has 0 fully saturated rings. The summed E-state index contributed by atoms with van der Waals surface area (Å²) in [5, 5.41) is 8.97. The summed E-state index contributed by atoms with van der Waals surface area (Å²) in [6.45, 7) is 2.72. The van der Waals surface area contributed by atoms with Crippen molar-refractivity contribution in [2.75, 3.05) is 6.61 Å². The molecule has 138 valence electrons. The van der Waals surface area contributed by atoms with E-state index in [4.69, 9.17) is 4.74 Å². The Hall–Kier alpha value is -3.48. The fourth-order valence-electron chi connectivity index (χ4n) is 2.56. The van der Waals surface area contributed by atoms with Crippen molar-refractivity contribution in [1.82, 2.24) is 15.2 Å². The standard InChI is InChI=1S/C20H20N4O3/c1-3-12-27-15-10-8-14(9-11-15)13-21-22-19(25)18-16-6-4-5-7-17(16)20(26)24(2)23-18/h4-11,13H,3,12H2,1-2H3,(H,22,25). The number of carbonyl (C=O) groups is 1. The van der Waals surface area contributed by atoms with Gasteiger partial charge < -0.3 is 4.74 Å². The number of rotatable bonds is 6. The monoisotopic (exact) mass is 364 g/mol. The lowest BCUT2D eigenvalue weighted by molar-refractivity contribution is 0.0950. The van der Waals surface area contributed by atoms with Gasteiger partial charge in [0, 0.05) is 12.4 Å². The van der Waals surface area contributed by atoms with Crippen molar-refractivity contribution >= 4 is 22.9 Å². The van der Waals surface area contributed by atoms with Crippen molar-refractivity contribution in [2.24, 2.45) is 12.1 Å². The van der Waals surface area contributed by atoms with E-state index in [-0.39, 0.29) is 11.3 Å². The number of fused-ring (bicyclic) bond motifs is 1. The third-order valence-corrected chi connectivity index (χ3v) is 3.90. The molecule has 0 saturated heterocycles. The summed E-state index contributed by atoms with van der Waals surface area (Å²) in [7, 11) is 1.51. The van der Waals surface area contributed by atoms with Crippen LogP contribution in [-0.4, -0.2) is 28.5 Å². The predicted molar refractivity (Wildman–Crippen MR) is 104 cm³/mol. The number of amides is 1. The van der Waals surface area contributed by atoms with Crippen LogP contribution in [0.2, 0.25) is 0 Å². The van der Waals surface area contributed by atoms with Gasteiger partial charge in [0.1, 0.15) is 5.75 Å². The van der Waals surface area contributed by atoms with Gasteiger partial charge in [-0.3, -0.25) is 9.59 Å². The van der Waals surface area contributed by atoms with Gasteiger partial charge in [-0.2, -0.15) is 10.2 Å². The molecule has 0 aliphatic heterocycles. The van der Waals surface area contributed by atoms with E-state index in [2.05, 4.69) is 15.6 Å². The molecular weight excluding hydrogens is 344 g/mol. The topological polar surface area (TPSA) is 85.6 Å². The van der Waals surface area contributed by atoms with E-state index in [1.54, 1.807) is 24.3 Å². The van der Waals surface area contributed by atoms with Gasteiger partial charge in [-0.25, -0.2) is 10.1 Å². The summed E-state index contributed by atoms with van der Waals surface area (Å²) in [4.78, 5) is 24.6. The lowest BCUT2D eigenvalue weighted by atomic mass is 10.1. The molecule has 7 nitrogen and oxygen atoms in total. The molecule has 1 heterocycles. The third-order valence-electron chi connectivity index (χ3n) is 3.90. The van der Waals surface area contributed by atoms with E-state index in [0.717, 1.165) is 22.4 Å². The lowest BCUT2D eigenvalue weighted by Gasteiger charge is -2.06. The SMILES string of the molecule is CCCOc1ccc(C=NNC(=O)c2nn(C)c(=O)c3ccccc23)cc1. The zero-order valence-electron chi connectivity index (χ0n) is 15.2. The molecule has 1 aromatic heterocycles. The van der Waals surface area contributed by atoms with Crippen LogP contribution < -0.4 is 15.7 Å². The first-order valence-electron chi connectivity index (χ1n) is 8.62. The summed E-state index contributed by atoms with van der Waals surface area (Å²) in [6, 6.07) is 14.3. The Morgan fingerprint density at radius 2 is 1.89 bits per heavy atom. The number of hydrazone groups is 1. The van der Waals surface area contributed by atoms with Crippen LogP contribution in [-0.2, 0) is 7.05 Å². The van der Waals surface area contributed by atoms with Gasteiger partial charge in [-0.05, 0) is 42.3 Å². The average molecular weight is 364 g/mol. The van der Waals surface area contributed by atoms with Gasteiger partial charge >= 0.3 is 0 Å². The Bertz CT molecular complexity index is 1040. The average Bonchev–Trinajstić information content (AvgIpc) is 2.70. The van der Waals surface area contributed by atoms with Crippen LogP contribution in [0.25, 0.3) is 10.8 Å². The zero-order chi connectivity index (χ0) is 19.2. The molecule has 0 unspecified atom stereocenters. The molecule has 3 rings (SSSR count). The maximum atomic E-state index is 12.5. The fraction of sp³-hybridized carbons (Fsp3) is 0.200. The van der Waals surface area contributed by atoms with Crippen molar-refractivity contribution in [1.29, 1.82) is 0 Å². The van der Waals surface area contributed by atoms with Gasteiger partial charge in [0.25, 0.3) is 11.5 Å². The molecule has 3 aromatic rings. The van der Waals surface area contributed by atoms with Crippen LogP contribution in [0, 0.1) is 0 Å². The van der Waals surface area contributed by atoms with Gasteiger partial charge in [0.2, 0.25) is 0 Å². The summed E-state index contributed by atoms with van der Waals surface area (Å²) in [5.41, 5.74) is 3.17. The quantitative estimate of drug-likeness (QED) is 0.538. The van der Waals surface area contributed by atoms with Crippen LogP contribution in [0.3, 0.4) is 0 Å². The molecule has 0 bridgehead atoms. The molecule has 0 radical (unpaired) electrons. The Balaban J connectivity index is 1.75. The Morgan fingerprint density at radius 3 is 2.59 bits per heavy atom. The van der Waals surface area contributed by atoms with E-state index in [1.165, 1.54) is 13.3 Å². The van der Waals surface area contributed by atoms with Gasteiger partial charge in [0.05, 0.1) is 18.2 Å². The van der Waals surface area contributed by atoms with Crippen LogP contribution in [0.15, 0.2) is 58.4 Å². The number of benzene rings is 2. The van der Waals surface area contributed by atoms with Gasteiger partial charge in [0.15, 0.2) is 5.69 Å². The minimum absolute atomic E-state index is 0.146. The highest BCUT2D eigenvalue weighted by molar-refractivity contribution is 6.04. The molecule has 1 amide bonds. The minimum Gasteiger partial charge on any atom is -0.494 e. The third kappa shape index (κ3) is 4.20. The van der Waals surface area contributed by atoms with Crippen molar-refractivity contribution in [3.05, 3.63) is 70.1 Å². The largest absolute Gasteiger partial charge is 0.494 e. The van der Waals surface area contributed by atoms with Crippen molar-refractivity contribution in [2.45, 2.75) is 13.3 Å². The maximum Gasteiger partial charge on any atom is 0.292 e. The van der Waals surface area contributed by atoms with Crippen LogP contribution >= 0.6 is 0 Å². The van der Waals surface area contributed by atoms with Crippen molar-refractivity contribution < 1.29 is 9.53 Å². The van der Waals surface area contributed by atoms with Gasteiger partial charge in [-0.1, -0.05) is 25.1 Å². The van der Waals surface area contributed by atoms with Gasteiger partial charge in [-0.15, -0.1) is 0 Å². The summed E-state index contributed by atoms with van der Waals surface area (Å²) < 4.78 is 6.67. The highest BCUT2D eigenvalue weighted by atomic mass is 16.5. The highest BCUT2D eigenvalue weighted by Gasteiger charge is 2.14. The number of nitrogens with one attached hydrogen (secondary N) is 1. The van der Waals surface area contributed by atoms with Crippen LogP contribution in [0.5, 0.6) is 5.75 Å². The number of carbonyl (C=O) groups excluding carboxylic acids is 1. The molecule has 0 aliphatic carbocycles. The fourth-order valence-corrected chi connectivity index (χ4v) is 2.56. The summed E-state index contributed by atoms with van der Waals surface area (Å²) >= 11 is 0. The second-order valence-electron chi connectivity index (χ2n) is 5.94. The van der Waals surface area contributed by atoms with E-state index in [0.29, 0.717) is 17.4 Å². The molecule has 0 saturated carbocycles. The molecule has 0 spiro atoms. The number of aromatic nitrogens is 2. The van der Waals surface area contributed by atoms with E-state index in [9.17, 15) is 9.59 Å². The van der Waals surface area contributed by atoms with Crippen molar-refractivity contribution in [3.63, 3.8) is 0 Å². The maximum absolute atomic E-state index is 12.5. The molecule has 7 heteroatoms. The molecule has 27 heavy (non-hydrogen) atoms. The first kappa shape index (κ1) is 18.3. The molecule has 1 N–H and O–H groups in total. The normalized spacial score (nSPS) is 11.0. The van der Waals surface area contributed by atoms with E-state index in [1.807, 2.05) is 31.2 Å². The van der Waals surface area contributed by atoms with Crippen LogP contribution in [0.1, 0.15) is 29.4 Å². The highest BCUT2D eigenvalue weighted by Crippen LogP contribution is 2.13. The Kier molecular flexibility index (Phi) is 5.61. The Morgan fingerprint density at radius 1 is 1.19 bits per heavy atom. The van der Waals surface area contributed by atoms with Crippen LogP contribution in [0.4, 0.5) is 0 Å².